The third-order valence-corrected chi connectivity index (χ3v) is 9.82. The van der Waals surface area contributed by atoms with Crippen molar-refractivity contribution in [2.75, 3.05) is 13.9 Å². The van der Waals surface area contributed by atoms with E-state index >= 15 is 0 Å². The van der Waals surface area contributed by atoms with E-state index in [0.717, 1.165) is 25.7 Å². The zero-order valence-electron chi connectivity index (χ0n) is 21.5. The second-order valence-corrected chi connectivity index (χ2v) is 12.3. The van der Waals surface area contributed by atoms with Crippen LogP contribution in [-0.4, -0.2) is 78.6 Å². The lowest BCUT2D eigenvalue weighted by Gasteiger charge is -2.63. The lowest BCUT2D eigenvalue weighted by Crippen LogP contribution is -2.76. The van der Waals surface area contributed by atoms with Crippen molar-refractivity contribution < 1.29 is 24.1 Å². The van der Waals surface area contributed by atoms with Crippen LogP contribution in [0.15, 0.2) is 0 Å². The molecule has 8 nitrogen and oxygen atoms in total. The second-order valence-electron chi connectivity index (χ2n) is 12.3. The van der Waals surface area contributed by atoms with E-state index in [1.807, 2.05) is 0 Å². The molecule has 0 bridgehead atoms. The highest BCUT2D eigenvalue weighted by molar-refractivity contribution is 5.75. The molecule has 5 aliphatic rings. The molecule has 10 unspecified atom stereocenters. The summed E-state index contributed by atoms with van der Waals surface area (Å²) in [6.07, 6.45) is 7.37. The van der Waals surface area contributed by atoms with E-state index in [1.165, 1.54) is 19.3 Å². The Morgan fingerprint density at radius 3 is 2.44 bits per heavy atom. The van der Waals surface area contributed by atoms with Crippen molar-refractivity contribution in [1.29, 1.82) is 0 Å². The highest BCUT2D eigenvalue weighted by Crippen LogP contribution is 2.55. The molecule has 2 saturated carbocycles. The normalized spacial score (nSPS) is 49.3. The van der Waals surface area contributed by atoms with Crippen molar-refractivity contribution in [1.82, 2.24) is 15.5 Å². The number of hydrogen-bond acceptors (Lipinski definition) is 7. The van der Waals surface area contributed by atoms with Gasteiger partial charge in [-0.15, -0.1) is 0 Å². The molecule has 34 heavy (non-hydrogen) atoms. The molecule has 0 aromatic carbocycles. The topological polar surface area (TPSA) is 92.3 Å². The molecule has 3 saturated heterocycles. The van der Waals surface area contributed by atoms with Crippen LogP contribution < -0.4 is 10.6 Å². The first-order chi connectivity index (χ1) is 16.2. The quantitative estimate of drug-likeness (QED) is 0.567. The number of nitrogens with one attached hydrogen (secondary N) is 2. The number of carboxylic acids is 1. The van der Waals surface area contributed by atoms with E-state index in [-0.39, 0.29) is 36.1 Å². The first-order valence-corrected chi connectivity index (χ1v) is 13.5. The third-order valence-electron chi connectivity index (χ3n) is 9.82. The van der Waals surface area contributed by atoms with Crippen LogP contribution in [-0.2, 0) is 19.0 Å². The van der Waals surface area contributed by atoms with Crippen molar-refractivity contribution in [2.24, 2.45) is 23.2 Å². The van der Waals surface area contributed by atoms with Gasteiger partial charge < -0.3 is 19.3 Å². The number of nitrogens with zero attached hydrogens (tertiary/aromatic N) is 1. The fraction of sp³-hybridized carbons (Fsp3) is 0.962. The highest BCUT2D eigenvalue weighted by atomic mass is 16.7. The largest absolute Gasteiger partial charge is 0.480 e. The highest BCUT2D eigenvalue weighted by Gasteiger charge is 2.61. The van der Waals surface area contributed by atoms with Gasteiger partial charge in [-0.3, -0.25) is 20.3 Å². The predicted molar refractivity (Wildman–Crippen MR) is 128 cm³/mol. The average molecular weight is 480 g/mol. The number of piperidine rings is 1. The maximum atomic E-state index is 13.0. The van der Waals surface area contributed by atoms with Crippen LogP contribution >= 0.6 is 0 Å². The Morgan fingerprint density at radius 2 is 1.76 bits per heavy atom. The number of aliphatic carboxylic acids is 1. The van der Waals surface area contributed by atoms with Crippen LogP contribution in [0, 0.1) is 23.2 Å². The summed E-state index contributed by atoms with van der Waals surface area (Å²) in [5.41, 5.74) is -0.314. The summed E-state index contributed by atoms with van der Waals surface area (Å²) in [6.45, 7) is 9.16. The van der Waals surface area contributed by atoms with Crippen LogP contribution in [0.5, 0.6) is 0 Å². The molecule has 0 aromatic heterocycles. The Labute approximate surface area is 204 Å². The van der Waals surface area contributed by atoms with Crippen LogP contribution in [0.2, 0.25) is 0 Å². The Balaban J connectivity index is 1.57. The molecule has 0 radical (unpaired) electrons. The van der Waals surface area contributed by atoms with Gasteiger partial charge >= 0.3 is 5.97 Å². The Hall–Kier alpha value is -0.770. The van der Waals surface area contributed by atoms with E-state index in [4.69, 9.17) is 14.2 Å². The van der Waals surface area contributed by atoms with Crippen molar-refractivity contribution in [3.63, 3.8) is 0 Å². The average Bonchev–Trinajstić information content (AvgIpc) is 3.26. The summed E-state index contributed by atoms with van der Waals surface area (Å²) >= 11 is 0. The van der Waals surface area contributed by atoms with Gasteiger partial charge in [0.1, 0.15) is 25.2 Å². The number of carboxylic acid groups (broad SMARTS) is 1. The minimum atomic E-state index is -0.703. The predicted octanol–water partition coefficient (Wildman–Crippen LogP) is 2.77. The minimum absolute atomic E-state index is 0.0153. The van der Waals surface area contributed by atoms with Gasteiger partial charge in [-0.2, -0.15) is 0 Å². The number of fused-ring (bicyclic) bond motifs is 2. The minimum Gasteiger partial charge on any atom is -0.480 e. The van der Waals surface area contributed by atoms with E-state index in [9.17, 15) is 9.90 Å². The van der Waals surface area contributed by atoms with Gasteiger partial charge in [-0.05, 0) is 69.1 Å². The summed E-state index contributed by atoms with van der Waals surface area (Å²) in [6, 6.07) is 0.263. The van der Waals surface area contributed by atoms with Crippen LogP contribution in [0.1, 0.15) is 72.6 Å². The molecule has 3 aliphatic heterocycles. The molecule has 0 spiro atoms. The zero-order chi connectivity index (χ0) is 24.2. The van der Waals surface area contributed by atoms with Crippen LogP contribution in [0.25, 0.3) is 0 Å². The lowest BCUT2D eigenvalue weighted by atomic mass is 9.54. The number of methoxy groups -OCH3 is 1. The standard InChI is InChI=1S/C26H45N3O5/c1-14-10-15(2)28-25(27-14)29-21(16-11-19(32-5)22-20(12-16)33-13-34-22)17-8-6-7-9-18(17)26(3,4)23(29)24(30)31/h14-23,25,27-28H,6-13H2,1-5H3,(H,30,31). The number of carbonyl (C=O) groups is 1. The SMILES string of the molecule is COC1CC(C2C3CCCCC3C(C)(C)C(C(=O)O)N2C2NC(C)CC(C)N2)CC2OCOC12. The molecular weight excluding hydrogens is 434 g/mol. The van der Waals surface area contributed by atoms with Crippen LogP contribution in [0.3, 0.4) is 0 Å². The maximum absolute atomic E-state index is 13.0. The molecule has 2 aliphatic carbocycles. The molecule has 194 valence electrons. The van der Waals surface area contributed by atoms with Gasteiger partial charge in [0.15, 0.2) is 0 Å². The first kappa shape index (κ1) is 24.9. The molecule has 3 heterocycles. The lowest BCUT2D eigenvalue weighted by molar-refractivity contribution is -0.191. The van der Waals surface area contributed by atoms with Crippen molar-refractivity contribution in [3.05, 3.63) is 0 Å². The number of hydrogen-bond donors (Lipinski definition) is 3. The maximum Gasteiger partial charge on any atom is 0.321 e. The molecule has 0 aromatic rings. The Bertz CT molecular complexity index is 740. The van der Waals surface area contributed by atoms with Crippen molar-refractivity contribution in [2.45, 2.75) is 121 Å². The molecule has 5 rings (SSSR count). The van der Waals surface area contributed by atoms with E-state index in [0.29, 0.717) is 36.6 Å². The van der Waals surface area contributed by atoms with E-state index in [2.05, 4.69) is 43.2 Å². The molecular formula is C26H45N3O5. The smallest absolute Gasteiger partial charge is 0.321 e. The van der Waals surface area contributed by atoms with E-state index < -0.39 is 12.0 Å². The van der Waals surface area contributed by atoms with Gasteiger partial charge in [-0.1, -0.05) is 26.7 Å². The van der Waals surface area contributed by atoms with Gasteiger partial charge in [0.25, 0.3) is 0 Å². The fourth-order valence-corrected chi connectivity index (χ4v) is 8.55. The fourth-order valence-electron chi connectivity index (χ4n) is 8.55. The van der Waals surface area contributed by atoms with Gasteiger partial charge in [-0.25, -0.2) is 0 Å². The Kier molecular flexibility index (Phi) is 7.03. The van der Waals surface area contributed by atoms with Crippen LogP contribution in [0.4, 0.5) is 0 Å². The summed E-state index contributed by atoms with van der Waals surface area (Å²) in [5.74, 6) is 0.469. The molecule has 8 heteroatoms. The third kappa shape index (κ3) is 4.22. The summed E-state index contributed by atoms with van der Waals surface area (Å²) in [7, 11) is 1.77. The molecule has 10 atom stereocenters. The summed E-state index contributed by atoms with van der Waals surface area (Å²) in [5, 5.41) is 18.2. The van der Waals surface area contributed by atoms with E-state index in [1.54, 1.807) is 7.11 Å². The summed E-state index contributed by atoms with van der Waals surface area (Å²) in [4.78, 5) is 15.4. The van der Waals surface area contributed by atoms with Gasteiger partial charge in [0.2, 0.25) is 0 Å². The zero-order valence-corrected chi connectivity index (χ0v) is 21.5. The van der Waals surface area contributed by atoms with Crippen molar-refractivity contribution >= 4 is 5.97 Å². The van der Waals surface area contributed by atoms with Crippen molar-refractivity contribution in [3.8, 4) is 0 Å². The second kappa shape index (κ2) is 9.60. The first-order valence-electron chi connectivity index (χ1n) is 13.5. The molecule has 5 fully saturated rings. The molecule has 0 amide bonds. The number of rotatable bonds is 4. The van der Waals surface area contributed by atoms with Gasteiger partial charge in [0, 0.05) is 25.2 Å². The number of likely N-dealkylation sites (tertiary alicyclic amines) is 1. The molecule has 3 N–H and O–H groups in total. The number of ether oxygens (including phenoxy) is 3. The van der Waals surface area contributed by atoms with Gasteiger partial charge in [0.05, 0.1) is 12.2 Å². The monoisotopic (exact) mass is 479 g/mol. The Morgan fingerprint density at radius 1 is 1.06 bits per heavy atom. The summed E-state index contributed by atoms with van der Waals surface area (Å²) < 4.78 is 17.8.